The lowest BCUT2D eigenvalue weighted by Crippen LogP contribution is -2.16. The summed E-state index contributed by atoms with van der Waals surface area (Å²) in [7, 11) is 1.60. The maximum absolute atomic E-state index is 12.8. The number of aromatic nitrogens is 1. The molecule has 1 N–H and O–H groups in total. The lowest BCUT2D eigenvalue weighted by atomic mass is 10.1. The molecule has 0 aliphatic rings. The van der Waals surface area contributed by atoms with Crippen molar-refractivity contribution in [3.8, 4) is 16.9 Å². The van der Waals surface area contributed by atoms with Gasteiger partial charge in [0.15, 0.2) is 5.69 Å². The van der Waals surface area contributed by atoms with Crippen LogP contribution in [-0.2, 0) is 16.1 Å². The van der Waals surface area contributed by atoms with Gasteiger partial charge in [-0.25, -0.2) is 4.79 Å². The predicted molar refractivity (Wildman–Crippen MR) is 112 cm³/mol. The smallest absolute Gasteiger partial charge is 0.357 e. The van der Waals surface area contributed by atoms with E-state index in [0.29, 0.717) is 17.9 Å². The molecule has 6 heteroatoms. The molecule has 0 unspecified atom stereocenters. The van der Waals surface area contributed by atoms with E-state index in [1.54, 1.807) is 14.0 Å². The monoisotopic (exact) mass is 392 g/mol. The molecule has 0 saturated heterocycles. The SMILES string of the molecule is CCOC(=O)c1c(NC(C)=O)c(-c2ccc(OC)cc2)cn1Cc1ccccc1. The van der Waals surface area contributed by atoms with Crippen LogP contribution in [0.4, 0.5) is 5.69 Å². The van der Waals surface area contributed by atoms with Crippen LogP contribution in [0.3, 0.4) is 0 Å². The Kier molecular flexibility index (Phi) is 6.34. The van der Waals surface area contributed by atoms with Crippen molar-refractivity contribution >= 4 is 17.6 Å². The highest BCUT2D eigenvalue weighted by Crippen LogP contribution is 2.35. The molecule has 0 aliphatic heterocycles. The molecule has 0 radical (unpaired) electrons. The van der Waals surface area contributed by atoms with E-state index in [1.807, 2.05) is 65.4 Å². The zero-order valence-electron chi connectivity index (χ0n) is 16.8. The summed E-state index contributed by atoms with van der Waals surface area (Å²) in [5.74, 6) is -0.0149. The lowest BCUT2D eigenvalue weighted by molar-refractivity contribution is -0.114. The summed E-state index contributed by atoms with van der Waals surface area (Å²) in [6.07, 6.45) is 1.87. The number of nitrogens with one attached hydrogen (secondary N) is 1. The van der Waals surface area contributed by atoms with Crippen LogP contribution in [0.2, 0.25) is 0 Å². The topological polar surface area (TPSA) is 69.6 Å². The maximum Gasteiger partial charge on any atom is 0.357 e. The number of nitrogens with zero attached hydrogens (tertiary/aromatic N) is 1. The maximum atomic E-state index is 12.8. The first-order valence-electron chi connectivity index (χ1n) is 9.39. The Bertz CT molecular complexity index is 992. The summed E-state index contributed by atoms with van der Waals surface area (Å²) in [4.78, 5) is 24.7. The first-order chi connectivity index (χ1) is 14.0. The minimum atomic E-state index is -0.480. The van der Waals surface area contributed by atoms with Crippen molar-refractivity contribution in [2.45, 2.75) is 20.4 Å². The Labute approximate surface area is 170 Å². The van der Waals surface area contributed by atoms with Crippen LogP contribution in [0.25, 0.3) is 11.1 Å². The van der Waals surface area contributed by atoms with E-state index in [-0.39, 0.29) is 12.5 Å². The molecule has 0 spiro atoms. The summed E-state index contributed by atoms with van der Waals surface area (Å²) < 4.78 is 12.3. The Morgan fingerprint density at radius 1 is 1.03 bits per heavy atom. The van der Waals surface area contributed by atoms with Gasteiger partial charge in [0.2, 0.25) is 5.91 Å². The first kappa shape index (κ1) is 20.2. The van der Waals surface area contributed by atoms with Crippen LogP contribution in [-0.4, -0.2) is 30.2 Å². The van der Waals surface area contributed by atoms with E-state index in [0.717, 1.165) is 22.4 Å². The number of rotatable bonds is 7. The molecule has 29 heavy (non-hydrogen) atoms. The average molecular weight is 392 g/mol. The van der Waals surface area contributed by atoms with Gasteiger partial charge in [-0.05, 0) is 30.2 Å². The van der Waals surface area contributed by atoms with Gasteiger partial charge in [-0.3, -0.25) is 4.79 Å². The van der Waals surface area contributed by atoms with Gasteiger partial charge >= 0.3 is 5.97 Å². The third kappa shape index (κ3) is 4.66. The van der Waals surface area contributed by atoms with Crippen LogP contribution in [0.15, 0.2) is 60.8 Å². The fraction of sp³-hybridized carbons (Fsp3) is 0.217. The van der Waals surface area contributed by atoms with E-state index < -0.39 is 5.97 Å². The van der Waals surface area contributed by atoms with Gasteiger partial charge in [0, 0.05) is 25.2 Å². The first-order valence-corrected chi connectivity index (χ1v) is 9.39. The second-order valence-electron chi connectivity index (χ2n) is 6.51. The van der Waals surface area contributed by atoms with Gasteiger partial charge in [0.05, 0.1) is 19.4 Å². The number of ether oxygens (including phenoxy) is 2. The van der Waals surface area contributed by atoms with Crippen molar-refractivity contribution in [3.05, 3.63) is 72.1 Å². The largest absolute Gasteiger partial charge is 0.497 e. The summed E-state index contributed by atoms with van der Waals surface area (Å²) in [5.41, 5.74) is 3.38. The van der Waals surface area contributed by atoms with Crippen LogP contribution in [0.5, 0.6) is 5.75 Å². The number of amides is 1. The van der Waals surface area contributed by atoms with Crippen LogP contribution in [0, 0.1) is 0 Å². The molecule has 0 aliphatic carbocycles. The van der Waals surface area contributed by atoms with Gasteiger partial charge in [0.1, 0.15) is 5.75 Å². The van der Waals surface area contributed by atoms with Crippen molar-refractivity contribution in [1.29, 1.82) is 0 Å². The molecule has 0 bridgehead atoms. The number of benzene rings is 2. The fourth-order valence-corrected chi connectivity index (χ4v) is 3.17. The van der Waals surface area contributed by atoms with E-state index in [2.05, 4.69) is 5.32 Å². The van der Waals surface area contributed by atoms with Gasteiger partial charge in [0.25, 0.3) is 0 Å². The van der Waals surface area contributed by atoms with Gasteiger partial charge in [-0.2, -0.15) is 0 Å². The summed E-state index contributed by atoms with van der Waals surface area (Å²) in [6.45, 7) is 3.89. The van der Waals surface area contributed by atoms with Gasteiger partial charge in [-0.1, -0.05) is 42.5 Å². The molecule has 0 saturated carbocycles. The Hall–Kier alpha value is -3.54. The molecular formula is C23H24N2O4. The number of hydrogen-bond donors (Lipinski definition) is 1. The minimum Gasteiger partial charge on any atom is -0.497 e. The van der Waals surface area contributed by atoms with Crippen LogP contribution < -0.4 is 10.1 Å². The molecule has 6 nitrogen and oxygen atoms in total. The third-order valence-electron chi connectivity index (χ3n) is 4.44. The highest BCUT2D eigenvalue weighted by atomic mass is 16.5. The highest BCUT2D eigenvalue weighted by molar-refractivity contribution is 6.05. The zero-order valence-corrected chi connectivity index (χ0v) is 16.8. The standard InChI is InChI=1S/C23H24N2O4/c1-4-29-23(27)22-21(24-16(2)26)20(18-10-12-19(28-3)13-11-18)15-25(22)14-17-8-6-5-7-9-17/h5-13,15H,4,14H2,1-3H3,(H,24,26). The highest BCUT2D eigenvalue weighted by Gasteiger charge is 2.25. The number of hydrogen-bond acceptors (Lipinski definition) is 4. The van der Waals surface area contributed by atoms with Crippen molar-refractivity contribution in [2.24, 2.45) is 0 Å². The van der Waals surface area contributed by atoms with Crippen molar-refractivity contribution < 1.29 is 19.1 Å². The number of carbonyl (C=O) groups is 2. The molecule has 2 aromatic carbocycles. The molecule has 1 aromatic heterocycles. The van der Waals surface area contributed by atoms with E-state index in [4.69, 9.17) is 9.47 Å². The molecule has 150 valence electrons. The van der Waals surface area contributed by atoms with Crippen LogP contribution >= 0.6 is 0 Å². The summed E-state index contributed by atoms with van der Waals surface area (Å²) >= 11 is 0. The van der Waals surface area contributed by atoms with E-state index in [9.17, 15) is 9.59 Å². The number of methoxy groups -OCH3 is 1. The van der Waals surface area contributed by atoms with E-state index >= 15 is 0 Å². The summed E-state index contributed by atoms with van der Waals surface area (Å²) in [5, 5.41) is 2.82. The molecule has 0 atom stereocenters. The molecule has 1 heterocycles. The Morgan fingerprint density at radius 2 is 1.72 bits per heavy atom. The van der Waals surface area contributed by atoms with Crippen molar-refractivity contribution in [1.82, 2.24) is 4.57 Å². The molecular weight excluding hydrogens is 368 g/mol. The van der Waals surface area contributed by atoms with E-state index in [1.165, 1.54) is 6.92 Å². The second kappa shape index (κ2) is 9.10. The fourth-order valence-electron chi connectivity index (χ4n) is 3.17. The van der Waals surface area contributed by atoms with Gasteiger partial charge in [-0.15, -0.1) is 0 Å². The van der Waals surface area contributed by atoms with Gasteiger partial charge < -0.3 is 19.4 Å². The van der Waals surface area contributed by atoms with Crippen molar-refractivity contribution in [2.75, 3.05) is 19.0 Å². The quantitative estimate of drug-likeness (QED) is 0.607. The van der Waals surface area contributed by atoms with Crippen LogP contribution in [0.1, 0.15) is 29.9 Å². The Balaban J connectivity index is 2.16. The predicted octanol–water partition coefficient (Wildman–Crippen LogP) is 4.35. The molecule has 0 fully saturated rings. The third-order valence-corrected chi connectivity index (χ3v) is 4.44. The average Bonchev–Trinajstić information content (AvgIpc) is 3.06. The minimum absolute atomic E-state index is 0.243. The normalized spacial score (nSPS) is 10.4. The Morgan fingerprint density at radius 3 is 2.31 bits per heavy atom. The van der Waals surface area contributed by atoms with Crippen molar-refractivity contribution in [3.63, 3.8) is 0 Å². The second-order valence-corrected chi connectivity index (χ2v) is 6.51. The molecule has 1 amide bonds. The zero-order chi connectivity index (χ0) is 20.8. The number of anilines is 1. The number of esters is 1. The summed E-state index contributed by atoms with van der Waals surface area (Å²) in [6, 6.07) is 17.3. The molecule has 3 rings (SSSR count). The lowest BCUT2D eigenvalue weighted by Gasteiger charge is -2.11. The molecule has 3 aromatic rings. The number of carbonyl (C=O) groups excluding carboxylic acids is 2.